The molecule has 1 unspecified atom stereocenters. The maximum absolute atomic E-state index is 10.5. The van der Waals surface area contributed by atoms with E-state index in [9.17, 15) is 5.11 Å². The Hall–Kier alpha value is -0.820. The van der Waals surface area contributed by atoms with Gasteiger partial charge in [0.05, 0.1) is 6.10 Å². The van der Waals surface area contributed by atoms with E-state index < -0.39 is 0 Å². The topological polar surface area (TPSA) is 20.2 Å². The predicted molar refractivity (Wildman–Crippen MR) is 62.7 cm³/mol. The first-order valence-corrected chi connectivity index (χ1v) is 5.87. The number of hydrogen-bond acceptors (Lipinski definition) is 1. The Morgan fingerprint density at radius 2 is 1.80 bits per heavy atom. The fourth-order valence-electron chi connectivity index (χ4n) is 2.73. The first kappa shape index (κ1) is 10.7. The molecule has 1 heteroatoms. The molecule has 1 atom stereocenters. The van der Waals surface area contributed by atoms with E-state index in [1.807, 2.05) is 12.1 Å². The van der Waals surface area contributed by atoms with Crippen LogP contribution in [0.4, 0.5) is 0 Å². The van der Waals surface area contributed by atoms with Crippen LogP contribution in [-0.4, -0.2) is 5.11 Å². The third-order valence-electron chi connectivity index (χ3n) is 3.89. The number of aliphatic hydroxyl groups is 1. The molecule has 1 aromatic rings. The van der Waals surface area contributed by atoms with Crippen LogP contribution in [-0.2, 0) is 0 Å². The van der Waals surface area contributed by atoms with Crippen LogP contribution in [0.2, 0.25) is 0 Å². The molecule has 0 saturated heterocycles. The summed E-state index contributed by atoms with van der Waals surface area (Å²) in [6.07, 6.45) is 4.55. The van der Waals surface area contributed by atoms with Gasteiger partial charge in [-0.2, -0.15) is 0 Å². The minimum atomic E-state index is -0.291. The van der Waals surface area contributed by atoms with Crippen LogP contribution < -0.4 is 0 Å². The highest BCUT2D eigenvalue weighted by Gasteiger charge is 2.37. The van der Waals surface area contributed by atoms with Gasteiger partial charge in [0, 0.05) is 0 Å². The lowest BCUT2D eigenvalue weighted by atomic mass is 9.78. The van der Waals surface area contributed by atoms with Crippen LogP contribution in [0.25, 0.3) is 0 Å². The highest BCUT2D eigenvalue weighted by atomic mass is 16.3. The molecule has 1 fully saturated rings. The van der Waals surface area contributed by atoms with Crippen molar-refractivity contribution in [3.8, 4) is 0 Å². The second-order valence-corrected chi connectivity index (χ2v) is 5.12. The first-order chi connectivity index (χ1) is 7.13. The van der Waals surface area contributed by atoms with Crippen LogP contribution in [0.3, 0.4) is 0 Å². The van der Waals surface area contributed by atoms with Gasteiger partial charge in [0.25, 0.3) is 0 Å². The molecule has 1 aliphatic carbocycles. The lowest BCUT2D eigenvalue weighted by Crippen LogP contribution is -2.22. The molecule has 1 saturated carbocycles. The maximum atomic E-state index is 10.5. The summed E-state index contributed by atoms with van der Waals surface area (Å²) in [6.45, 7) is 4.30. The average molecular weight is 204 g/mol. The van der Waals surface area contributed by atoms with Crippen molar-refractivity contribution in [1.82, 2.24) is 0 Å². The van der Waals surface area contributed by atoms with Crippen molar-refractivity contribution < 1.29 is 5.11 Å². The van der Waals surface area contributed by atoms with Gasteiger partial charge in [-0.25, -0.2) is 0 Å². The summed E-state index contributed by atoms with van der Waals surface area (Å²) in [6, 6.07) is 8.19. The molecule has 82 valence electrons. The quantitative estimate of drug-likeness (QED) is 0.780. The van der Waals surface area contributed by atoms with Crippen molar-refractivity contribution in [3.05, 3.63) is 35.4 Å². The zero-order valence-corrected chi connectivity index (χ0v) is 9.66. The molecule has 0 radical (unpaired) electrons. The van der Waals surface area contributed by atoms with Crippen molar-refractivity contribution in [2.24, 2.45) is 5.41 Å². The maximum Gasteiger partial charge on any atom is 0.0846 e. The molecule has 1 nitrogen and oxygen atoms in total. The Kier molecular flexibility index (Phi) is 2.83. The van der Waals surface area contributed by atoms with E-state index in [0.717, 1.165) is 18.4 Å². The van der Waals surface area contributed by atoms with Gasteiger partial charge in [-0.05, 0) is 36.3 Å². The molecule has 1 N–H and O–H groups in total. The van der Waals surface area contributed by atoms with Crippen molar-refractivity contribution in [1.29, 1.82) is 0 Å². The number of aryl methyl sites for hydroxylation is 1. The summed E-state index contributed by atoms with van der Waals surface area (Å²) in [5, 5.41) is 10.5. The molecule has 0 aromatic heterocycles. The second kappa shape index (κ2) is 3.97. The van der Waals surface area contributed by atoms with Gasteiger partial charge in [0.15, 0.2) is 0 Å². The molecule has 1 aromatic carbocycles. The van der Waals surface area contributed by atoms with Crippen LogP contribution >= 0.6 is 0 Å². The molecular formula is C14H20O. The van der Waals surface area contributed by atoms with Gasteiger partial charge >= 0.3 is 0 Å². The standard InChI is InChI=1S/C14H20O/c1-11-7-3-4-8-12(11)13(15)14(2)9-5-6-10-14/h3-4,7-8,13,15H,5-6,9-10H2,1-2H3. The minimum Gasteiger partial charge on any atom is -0.388 e. The van der Waals surface area contributed by atoms with Crippen molar-refractivity contribution >= 4 is 0 Å². The third kappa shape index (κ3) is 1.93. The molecule has 2 rings (SSSR count). The van der Waals surface area contributed by atoms with Gasteiger partial charge < -0.3 is 5.11 Å². The molecular weight excluding hydrogens is 184 g/mol. The van der Waals surface area contributed by atoms with Crippen molar-refractivity contribution in [2.75, 3.05) is 0 Å². The Labute approximate surface area is 92.1 Å². The average Bonchev–Trinajstić information content (AvgIpc) is 2.66. The number of benzene rings is 1. The molecule has 0 aliphatic heterocycles. The van der Waals surface area contributed by atoms with Gasteiger partial charge in [-0.3, -0.25) is 0 Å². The summed E-state index contributed by atoms with van der Waals surface area (Å²) in [5.74, 6) is 0. The van der Waals surface area contributed by atoms with Gasteiger partial charge in [0.1, 0.15) is 0 Å². The van der Waals surface area contributed by atoms with Gasteiger partial charge in [-0.15, -0.1) is 0 Å². The first-order valence-electron chi connectivity index (χ1n) is 5.87. The van der Waals surface area contributed by atoms with Crippen LogP contribution in [0, 0.1) is 12.3 Å². The van der Waals surface area contributed by atoms with E-state index in [1.165, 1.54) is 18.4 Å². The summed E-state index contributed by atoms with van der Waals surface area (Å²) in [5.41, 5.74) is 2.42. The molecule has 0 spiro atoms. The normalized spacial score (nSPS) is 21.5. The van der Waals surface area contributed by atoms with Crippen molar-refractivity contribution in [3.63, 3.8) is 0 Å². The predicted octanol–water partition coefficient (Wildman–Crippen LogP) is 3.61. The summed E-state index contributed by atoms with van der Waals surface area (Å²) in [7, 11) is 0. The molecule has 0 bridgehead atoms. The van der Waals surface area contributed by atoms with E-state index in [-0.39, 0.29) is 11.5 Å². The largest absolute Gasteiger partial charge is 0.388 e. The number of aliphatic hydroxyl groups excluding tert-OH is 1. The summed E-state index contributed by atoms with van der Waals surface area (Å²) >= 11 is 0. The fraction of sp³-hybridized carbons (Fsp3) is 0.571. The number of hydrogen-bond donors (Lipinski definition) is 1. The Morgan fingerprint density at radius 3 is 2.40 bits per heavy atom. The van der Waals surface area contributed by atoms with Crippen molar-refractivity contribution in [2.45, 2.75) is 45.6 Å². The summed E-state index contributed by atoms with van der Waals surface area (Å²) < 4.78 is 0. The molecule has 0 heterocycles. The smallest absolute Gasteiger partial charge is 0.0846 e. The third-order valence-corrected chi connectivity index (χ3v) is 3.89. The Morgan fingerprint density at radius 1 is 1.20 bits per heavy atom. The Bertz CT molecular complexity index is 337. The zero-order chi connectivity index (χ0) is 10.9. The SMILES string of the molecule is Cc1ccccc1C(O)C1(C)CCCC1. The highest BCUT2D eigenvalue weighted by Crippen LogP contribution is 2.47. The fourth-order valence-corrected chi connectivity index (χ4v) is 2.73. The van der Waals surface area contributed by atoms with Gasteiger partial charge in [0.2, 0.25) is 0 Å². The van der Waals surface area contributed by atoms with E-state index in [4.69, 9.17) is 0 Å². The van der Waals surface area contributed by atoms with Gasteiger partial charge in [-0.1, -0.05) is 44.0 Å². The molecule has 15 heavy (non-hydrogen) atoms. The Balaban J connectivity index is 2.27. The lowest BCUT2D eigenvalue weighted by molar-refractivity contribution is 0.0403. The zero-order valence-electron chi connectivity index (χ0n) is 9.66. The van der Waals surface area contributed by atoms with E-state index in [2.05, 4.69) is 26.0 Å². The van der Waals surface area contributed by atoms with E-state index in [1.54, 1.807) is 0 Å². The monoisotopic (exact) mass is 204 g/mol. The highest BCUT2D eigenvalue weighted by molar-refractivity contribution is 5.29. The van der Waals surface area contributed by atoms with E-state index in [0.29, 0.717) is 0 Å². The summed E-state index contributed by atoms with van der Waals surface area (Å²) in [4.78, 5) is 0. The van der Waals surface area contributed by atoms with Crippen LogP contribution in [0.15, 0.2) is 24.3 Å². The number of rotatable bonds is 2. The second-order valence-electron chi connectivity index (χ2n) is 5.12. The van der Waals surface area contributed by atoms with Crippen LogP contribution in [0.5, 0.6) is 0 Å². The molecule has 1 aliphatic rings. The van der Waals surface area contributed by atoms with E-state index >= 15 is 0 Å². The minimum absolute atomic E-state index is 0.103. The van der Waals surface area contributed by atoms with Crippen LogP contribution in [0.1, 0.15) is 49.8 Å². The lowest BCUT2D eigenvalue weighted by Gasteiger charge is -2.31. The molecule has 0 amide bonds.